The number of esters is 1. The van der Waals surface area contributed by atoms with E-state index in [1.165, 1.54) is 23.5 Å². The fourth-order valence-electron chi connectivity index (χ4n) is 1.73. The van der Waals surface area contributed by atoms with E-state index in [0.717, 1.165) is 4.88 Å². The summed E-state index contributed by atoms with van der Waals surface area (Å²) < 4.78 is 16.6. The van der Waals surface area contributed by atoms with Crippen molar-refractivity contribution in [3.63, 3.8) is 0 Å². The van der Waals surface area contributed by atoms with E-state index in [1.807, 2.05) is 17.5 Å². The van der Waals surface area contributed by atoms with Gasteiger partial charge in [-0.1, -0.05) is 6.07 Å². The van der Waals surface area contributed by atoms with Crippen molar-refractivity contribution in [1.29, 1.82) is 0 Å². The minimum Gasteiger partial charge on any atom is -0.450 e. The SMILES string of the molecule is C[C@@H](OC(=O)/C=C/c1ccc(Br)o1)c1nnc(-c2cccs2)o1. The molecule has 0 aliphatic carbocycles. The minimum absolute atomic E-state index is 0.246. The molecule has 0 saturated carbocycles. The molecular formula is C15H11BrN2O4S. The second-order valence-corrected chi connectivity index (χ2v) is 6.21. The zero-order valence-electron chi connectivity index (χ0n) is 11.9. The Hall–Kier alpha value is -2.19. The zero-order valence-corrected chi connectivity index (χ0v) is 14.3. The molecule has 3 aromatic heterocycles. The molecular weight excluding hydrogens is 384 g/mol. The fourth-order valence-corrected chi connectivity index (χ4v) is 2.69. The van der Waals surface area contributed by atoms with Crippen LogP contribution in [0.1, 0.15) is 24.7 Å². The molecule has 0 N–H and O–H groups in total. The number of rotatable bonds is 5. The molecule has 0 aliphatic rings. The van der Waals surface area contributed by atoms with E-state index in [2.05, 4.69) is 26.1 Å². The van der Waals surface area contributed by atoms with Crippen LogP contribution >= 0.6 is 27.3 Å². The summed E-state index contributed by atoms with van der Waals surface area (Å²) in [4.78, 5) is 12.7. The molecule has 3 rings (SSSR count). The summed E-state index contributed by atoms with van der Waals surface area (Å²) in [5.74, 6) is 0.671. The third kappa shape index (κ3) is 3.96. The van der Waals surface area contributed by atoms with Gasteiger partial charge in [-0.3, -0.25) is 0 Å². The van der Waals surface area contributed by atoms with Crippen LogP contribution in [0.3, 0.4) is 0 Å². The standard InChI is InChI=1S/C15H11BrN2O4S/c1-9(14-17-18-15(22-14)11-3-2-8-23-11)20-13(19)7-5-10-4-6-12(16)21-10/h2-9H,1H3/b7-5+/t9-/m1/s1. The predicted molar refractivity (Wildman–Crippen MR) is 87.6 cm³/mol. The number of carbonyl (C=O) groups is 1. The van der Waals surface area contributed by atoms with Crippen LogP contribution in [0.25, 0.3) is 16.8 Å². The average Bonchev–Trinajstić information content (AvgIpc) is 3.26. The number of thiophene rings is 1. The number of aromatic nitrogens is 2. The Morgan fingerprint density at radius 2 is 2.22 bits per heavy atom. The van der Waals surface area contributed by atoms with E-state index >= 15 is 0 Å². The quantitative estimate of drug-likeness (QED) is 0.469. The van der Waals surface area contributed by atoms with Gasteiger partial charge < -0.3 is 13.6 Å². The highest BCUT2D eigenvalue weighted by molar-refractivity contribution is 9.10. The van der Waals surface area contributed by atoms with E-state index in [1.54, 1.807) is 19.1 Å². The lowest BCUT2D eigenvalue weighted by atomic mass is 10.4. The number of carbonyl (C=O) groups excluding carboxylic acids is 1. The van der Waals surface area contributed by atoms with Gasteiger partial charge in [-0.2, -0.15) is 0 Å². The van der Waals surface area contributed by atoms with Crippen LogP contribution in [0.5, 0.6) is 0 Å². The number of furan rings is 1. The summed E-state index contributed by atoms with van der Waals surface area (Å²) >= 11 is 4.68. The Bertz CT molecular complexity index is 822. The number of hydrogen-bond donors (Lipinski definition) is 0. The van der Waals surface area contributed by atoms with Crippen LogP contribution in [0.4, 0.5) is 0 Å². The maximum Gasteiger partial charge on any atom is 0.331 e. The maximum absolute atomic E-state index is 11.8. The number of nitrogens with zero attached hydrogens (tertiary/aromatic N) is 2. The van der Waals surface area contributed by atoms with Gasteiger partial charge in [-0.05, 0) is 52.5 Å². The van der Waals surface area contributed by atoms with Gasteiger partial charge in [0.05, 0.1) is 4.88 Å². The largest absolute Gasteiger partial charge is 0.450 e. The van der Waals surface area contributed by atoms with Gasteiger partial charge in [-0.15, -0.1) is 21.5 Å². The summed E-state index contributed by atoms with van der Waals surface area (Å²) in [6.07, 6.45) is 2.15. The molecule has 23 heavy (non-hydrogen) atoms. The first-order valence-corrected chi connectivity index (χ1v) is 8.30. The van der Waals surface area contributed by atoms with Crippen molar-refractivity contribution < 1.29 is 18.4 Å². The molecule has 0 amide bonds. The maximum atomic E-state index is 11.8. The van der Waals surface area contributed by atoms with Crippen molar-refractivity contribution in [2.75, 3.05) is 0 Å². The normalized spacial score (nSPS) is 12.6. The van der Waals surface area contributed by atoms with E-state index in [-0.39, 0.29) is 5.89 Å². The zero-order chi connectivity index (χ0) is 16.2. The molecule has 8 heteroatoms. The monoisotopic (exact) mass is 394 g/mol. The summed E-state index contributed by atoms with van der Waals surface area (Å²) in [7, 11) is 0. The molecule has 0 saturated heterocycles. The van der Waals surface area contributed by atoms with Crippen LogP contribution in [0.15, 0.2) is 49.2 Å². The lowest BCUT2D eigenvalue weighted by Crippen LogP contribution is -2.06. The molecule has 0 unspecified atom stereocenters. The summed E-state index contributed by atoms with van der Waals surface area (Å²) in [5.41, 5.74) is 0. The second-order valence-electron chi connectivity index (χ2n) is 4.48. The van der Waals surface area contributed by atoms with Gasteiger partial charge in [0.15, 0.2) is 10.8 Å². The average molecular weight is 395 g/mol. The molecule has 0 fully saturated rings. The highest BCUT2D eigenvalue weighted by Gasteiger charge is 2.18. The Kier molecular flexibility index (Phi) is 4.73. The Morgan fingerprint density at radius 1 is 1.35 bits per heavy atom. The topological polar surface area (TPSA) is 78.4 Å². The first-order chi connectivity index (χ1) is 11.1. The third-order valence-electron chi connectivity index (χ3n) is 2.79. The van der Waals surface area contributed by atoms with Gasteiger partial charge in [0.25, 0.3) is 11.8 Å². The molecule has 0 aromatic carbocycles. The smallest absolute Gasteiger partial charge is 0.331 e. The van der Waals surface area contributed by atoms with E-state index in [4.69, 9.17) is 13.6 Å². The summed E-state index contributed by atoms with van der Waals surface area (Å²) in [6.45, 7) is 1.67. The second kappa shape index (κ2) is 6.93. The van der Waals surface area contributed by atoms with Crippen LogP contribution in [-0.4, -0.2) is 16.2 Å². The highest BCUT2D eigenvalue weighted by atomic mass is 79.9. The van der Waals surface area contributed by atoms with Crippen molar-refractivity contribution in [2.45, 2.75) is 13.0 Å². The van der Waals surface area contributed by atoms with Gasteiger partial charge >= 0.3 is 5.97 Å². The molecule has 3 aromatic rings. The van der Waals surface area contributed by atoms with Gasteiger partial charge in [0.2, 0.25) is 0 Å². The van der Waals surface area contributed by atoms with Crippen LogP contribution in [0, 0.1) is 0 Å². The van der Waals surface area contributed by atoms with E-state index < -0.39 is 12.1 Å². The van der Waals surface area contributed by atoms with Crippen LogP contribution in [-0.2, 0) is 9.53 Å². The molecule has 0 aliphatic heterocycles. The van der Waals surface area contributed by atoms with Gasteiger partial charge in [0.1, 0.15) is 5.76 Å². The van der Waals surface area contributed by atoms with Gasteiger partial charge in [0, 0.05) is 6.08 Å². The van der Waals surface area contributed by atoms with Crippen LogP contribution in [0.2, 0.25) is 0 Å². The highest BCUT2D eigenvalue weighted by Crippen LogP contribution is 2.25. The molecule has 0 spiro atoms. The molecule has 6 nitrogen and oxygen atoms in total. The Balaban J connectivity index is 1.61. The molecule has 3 heterocycles. The summed E-state index contributed by atoms with van der Waals surface area (Å²) in [5, 5.41) is 9.78. The molecule has 1 atom stereocenters. The van der Waals surface area contributed by atoms with Crippen molar-refractivity contribution in [3.05, 3.63) is 52.0 Å². The van der Waals surface area contributed by atoms with Crippen molar-refractivity contribution in [2.24, 2.45) is 0 Å². The third-order valence-corrected chi connectivity index (χ3v) is 4.08. The minimum atomic E-state index is -0.642. The first-order valence-electron chi connectivity index (χ1n) is 6.63. The number of ether oxygens (including phenoxy) is 1. The van der Waals surface area contributed by atoms with E-state index in [9.17, 15) is 4.79 Å². The molecule has 0 bridgehead atoms. The predicted octanol–water partition coefficient (Wildman–Crippen LogP) is 4.47. The number of halogens is 1. The fraction of sp³-hybridized carbons (Fsp3) is 0.133. The van der Waals surface area contributed by atoms with Crippen molar-refractivity contribution in [3.8, 4) is 10.8 Å². The lowest BCUT2D eigenvalue weighted by molar-refractivity contribution is -0.143. The Morgan fingerprint density at radius 3 is 2.91 bits per heavy atom. The molecule has 0 radical (unpaired) electrons. The summed E-state index contributed by atoms with van der Waals surface area (Å²) in [6, 6.07) is 7.23. The van der Waals surface area contributed by atoms with Crippen LogP contribution < -0.4 is 0 Å². The lowest BCUT2D eigenvalue weighted by Gasteiger charge is -2.06. The van der Waals surface area contributed by atoms with Gasteiger partial charge in [-0.25, -0.2) is 4.79 Å². The van der Waals surface area contributed by atoms with E-state index in [0.29, 0.717) is 16.3 Å². The van der Waals surface area contributed by atoms with Crippen molar-refractivity contribution >= 4 is 39.3 Å². The number of hydrogen-bond acceptors (Lipinski definition) is 7. The van der Waals surface area contributed by atoms with Crippen molar-refractivity contribution in [1.82, 2.24) is 10.2 Å². The molecule has 118 valence electrons. The first kappa shape index (κ1) is 15.7. The Labute approximate surface area is 143 Å².